The van der Waals surface area contributed by atoms with Gasteiger partial charge in [-0.2, -0.15) is 0 Å². The second-order valence-electron chi connectivity index (χ2n) is 17.8. The van der Waals surface area contributed by atoms with Crippen molar-refractivity contribution in [3.63, 3.8) is 0 Å². The predicted molar refractivity (Wildman–Crippen MR) is 237 cm³/mol. The average molecular weight is 721 g/mol. The lowest BCUT2D eigenvalue weighted by molar-refractivity contribution is 0.639. The van der Waals surface area contributed by atoms with Gasteiger partial charge in [0.05, 0.1) is 0 Å². The Morgan fingerprint density at radius 3 is 1.61 bits per heavy atom. The van der Waals surface area contributed by atoms with Crippen LogP contribution in [-0.2, 0) is 24.9 Å². The molecular formula is C54H44N2. The van der Waals surface area contributed by atoms with Crippen LogP contribution in [0.1, 0.15) is 56.4 Å². The summed E-state index contributed by atoms with van der Waals surface area (Å²) < 4.78 is 4.63. The Morgan fingerprint density at radius 2 is 1.00 bits per heavy atom. The summed E-state index contributed by atoms with van der Waals surface area (Å²) in [4.78, 5) is 0. The molecule has 0 radical (unpaired) electrons. The number of hydrogen-bond acceptors (Lipinski definition) is 0. The van der Waals surface area contributed by atoms with Crippen molar-refractivity contribution in [2.75, 3.05) is 0 Å². The van der Waals surface area contributed by atoms with Crippen LogP contribution < -0.4 is 0 Å². The molecule has 6 aromatic carbocycles. The van der Waals surface area contributed by atoms with Crippen LogP contribution in [0.3, 0.4) is 0 Å². The van der Waals surface area contributed by atoms with Crippen molar-refractivity contribution in [1.29, 1.82) is 0 Å². The van der Waals surface area contributed by atoms with Gasteiger partial charge in [-0.3, -0.25) is 0 Å². The molecule has 0 saturated heterocycles. The summed E-state index contributed by atoms with van der Waals surface area (Å²) in [6, 6.07) is 46.1. The van der Waals surface area contributed by atoms with Crippen molar-refractivity contribution in [3.8, 4) is 22.3 Å². The van der Waals surface area contributed by atoms with Crippen LogP contribution in [0.2, 0.25) is 0 Å². The lowest BCUT2D eigenvalue weighted by Crippen LogP contribution is -2.21. The van der Waals surface area contributed by atoms with E-state index < -0.39 is 0 Å². The number of rotatable bonds is 2. The number of para-hydroxylation sites is 2. The lowest BCUT2D eigenvalue weighted by Gasteiger charge is -2.33. The van der Waals surface area contributed by atoms with E-state index in [2.05, 4.69) is 190 Å². The van der Waals surface area contributed by atoms with Gasteiger partial charge in [-0.25, -0.2) is 0 Å². The number of aromatic nitrogens is 2. The molecular weight excluding hydrogens is 677 g/mol. The van der Waals surface area contributed by atoms with E-state index >= 15 is 0 Å². The molecule has 2 heteroatoms. The first-order valence-electron chi connectivity index (χ1n) is 20.2. The van der Waals surface area contributed by atoms with E-state index in [9.17, 15) is 0 Å². The normalized spacial score (nSPS) is 18.8. The molecule has 12 rings (SSSR count). The molecule has 1 unspecified atom stereocenters. The Morgan fingerprint density at radius 1 is 0.500 bits per heavy atom. The SMILES string of the molecule is Cn1c2ccccc2c2cc(-c3ccc4c(c3)C(C)(C)C3=CCC5C(=C34)C=CC3=C5c4ccc(-c5ccc6c(c5)c5ccccc5n6C)cc4C3(C)C)ccc21. The van der Waals surface area contributed by atoms with E-state index in [1.807, 2.05) is 0 Å². The fourth-order valence-corrected chi connectivity index (χ4v) is 11.4. The molecule has 56 heavy (non-hydrogen) atoms. The third kappa shape index (κ3) is 4.02. The van der Waals surface area contributed by atoms with Crippen molar-refractivity contribution in [2.45, 2.75) is 44.9 Å². The lowest BCUT2D eigenvalue weighted by atomic mass is 9.70. The van der Waals surface area contributed by atoms with Crippen molar-refractivity contribution in [1.82, 2.24) is 9.13 Å². The van der Waals surface area contributed by atoms with Gasteiger partial charge in [-0.15, -0.1) is 0 Å². The van der Waals surface area contributed by atoms with E-state index in [4.69, 9.17) is 0 Å². The Labute approximate surface area is 328 Å². The Balaban J connectivity index is 0.946. The van der Waals surface area contributed by atoms with E-state index in [1.54, 1.807) is 0 Å². The molecule has 2 heterocycles. The predicted octanol–water partition coefficient (Wildman–Crippen LogP) is 13.6. The van der Waals surface area contributed by atoms with Crippen LogP contribution >= 0.6 is 0 Å². The quantitative estimate of drug-likeness (QED) is 0.168. The molecule has 2 aromatic heterocycles. The summed E-state index contributed by atoms with van der Waals surface area (Å²) in [7, 11) is 4.35. The molecule has 0 N–H and O–H groups in total. The maximum atomic E-state index is 2.59. The van der Waals surface area contributed by atoms with Gasteiger partial charge in [-0.1, -0.05) is 119 Å². The number of hydrogen-bond donors (Lipinski definition) is 0. The number of aryl methyl sites for hydroxylation is 2. The molecule has 0 aliphatic heterocycles. The summed E-state index contributed by atoms with van der Waals surface area (Å²) in [6.07, 6.45) is 8.59. The van der Waals surface area contributed by atoms with Gasteiger partial charge in [0.15, 0.2) is 0 Å². The maximum Gasteiger partial charge on any atom is 0.0489 e. The fourth-order valence-electron chi connectivity index (χ4n) is 11.4. The first-order chi connectivity index (χ1) is 27.1. The molecule has 8 aromatic rings. The molecule has 0 spiro atoms. The van der Waals surface area contributed by atoms with Gasteiger partial charge in [0.2, 0.25) is 0 Å². The zero-order valence-electron chi connectivity index (χ0n) is 33.0. The zero-order chi connectivity index (χ0) is 37.8. The molecule has 1 atom stereocenters. The molecule has 0 bridgehead atoms. The molecule has 270 valence electrons. The van der Waals surface area contributed by atoms with Crippen LogP contribution in [0.15, 0.2) is 156 Å². The number of fused-ring (bicyclic) bond motifs is 13. The van der Waals surface area contributed by atoms with Crippen LogP contribution in [0.5, 0.6) is 0 Å². The first-order valence-corrected chi connectivity index (χ1v) is 20.2. The Kier molecular flexibility index (Phi) is 6.20. The minimum absolute atomic E-state index is 0.0718. The van der Waals surface area contributed by atoms with Crippen LogP contribution in [0.25, 0.3) is 77.0 Å². The van der Waals surface area contributed by atoms with Gasteiger partial charge in [0.25, 0.3) is 0 Å². The average Bonchev–Trinajstić information content (AvgIpc) is 3.85. The number of allylic oxidation sites excluding steroid dienone is 8. The molecule has 4 aliphatic rings. The van der Waals surface area contributed by atoms with Crippen molar-refractivity contribution in [3.05, 3.63) is 179 Å². The number of benzene rings is 6. The van der Waals surface area contributed by atoms with E-state index in [1.165, 1.54) is 116 Å². The van der Waals surface area contributed by atoms with Gasteiger partial charge in [-0.05, 0) is 127 Å². The smallest absolute Gasteiger partial charge is 0.0489 e. The van der Waals surface area contributed by atoms with E-state index in [0.717, 1.165) is 6.42 Å². The zero-order valence-corrected chi connectivity index (χ0v) is 33.0. The highest BCUT2D eigenvalue weighted by Crippen LogP contribution is 2.61. The summed E-state index contributed by atoms with van der Waals surface area (Å²) in [6.45, 7) is 9.74. The maximum absolute atomic E-state index is 2.59. The second-order valence-corrected chi connectivity index (χ2v) is 17.8. The van der Waals surface area contributed by atoms with Crippen LogP contribution in [-0.4, -0.2) is 9.13 Å². The molecule has 0 fully saturated rings. The van der Waals surface area contributed by atoms with Gasteiger partial charge >= 0.3 is 0 Å². The molecule has 4 aliphatic carbocycles. The highest BCUT2D eigenvalue weighted by atomic mass is 14.9. The summed E-state index contributed by atoms with van der Waals surface area (Å²) >= 11 is 0. The van der Waals surface area contributed by atoms with Gasteiger partial charge in [0, 0.05) is 74.5 Å². The topological polar surface area (TPSA) is 9.86 Å². The summed E-state index contributed by atoms with van der Waals surface area (Å²) in [5.41, 5.74) is 23.3. The van der Waals surface area contributed by atoms with Crippen molar-refractivity contribution >= 4 is 54.8 Å². The largest absolute Gasteiger partial charge is 0.344 e. The van der Waals surface area contributed by atoms with Crippen LogP contribution in [0, 0.1) is 5.92 Å². The summed E-state index contributed by atoms with van der Waals surface area (Å²) in [5, 5.41) is 5.27. The second kappa shape index (κ2) is 10.8. The highest BCUT2D eigenvalue weighted by Gasteiger charge is 2.47. The highest BCUT2D eigenvalue weighted by molar-refractivity contribution is 6.10. The third-order valence-corrected chi connectivity index (χ3v) is 14.3. The molecule has 2 nitrogen and oxygen atoms in total. The van der Waals surface area contributed by atoms with Crippen molar-refractivity contribution in [2.24, 2.45) is 20.0 Å². The fraction of sp³-hybridized carbons (Fsp3) is 0.185. The van der Waals surface area contributed by atoms with Gasteiger partial charge < -0.3 is 9.13 Å². The molecule has 0 amide bonds. The number of nitrogens with zero attached hydrogens (tertiary/aromatic N) is 2. The Bertz CT molecular complexity index is 3230. The van der Waals surface area contributed by atoms with Crippen molar-refractivity contribution < 1.29 is 0 Å². The van der Waals surface area contributed by atoms with E-state index in [-0.39, 0.29) is 10.8 Å². The Hall–Kier alpha value is -6.12. The third-order valence-electron chi connectivity index (χ3n) is 14.3. The standard InChI is InChI=1S/C54H44N2/c1-53(2)43-23-21-38-37(51(43)39-19-15-33(29-45(39)53)31-17-25-49-41(27-31)35-11-7-9-13-47(35)55(49)5)22-24-44-52(38)40-20-16-34(30-46(40)54(44,3)4)32-18-26-50-42(28-32)36-12-8-10-14-48(36)56(50)6/h7-21,23-30,37H,22H2,1-6H3. The first kappa shape index (κ1) is 32.2. The monoisotopic (exact) mass is 720 g/mol. The minimum Gasteiger partial charge on any atom is -0.344 e. The summed E-state index contributed by atoms with van der Waals surface area (Å²) in [5.74, 6) is 0.349. The molecule has 0 saturated carbocycles. The minimum atomic E-state index is -0.0755. The van der Waals surface area contributed by atoms with E-state index in [0.29, 0.717) is 5.92 Å². The van der Waals surface area contributed by atoms with Crippen LogP contribution in [0.4, 0.5) is 0 Å². The van der Waals surface area contributed by atoms with Gasteiger partial charge in [0.1, 0.15) is 0 Å².